The Morgan fingerprint density at radius 3 is 2.75 bits per heavy atom. The molecule has 3 aromatic rings. The third-order valence-electron chi connectivity index (χ3n) is 4.89. The Hall–Kier alpha value is -2.58. The van der Waals surface area contributed by atoms with Gasteiger partial charge in [-0.15, -0.1) is 0 Å². The van der Waals surface area contributed by atoms with Gasteiger partial charge in [0.15, 0.2) is 0 Å². The lowest BCUT2D eigenvalue weighted by Gasteiger charge is -2.14. The number of aromatic nitrogens is 3. The number of fused-ring (bicyclic) bond motifs is 1. The molecule has 0 radical (unpaired) electrons. The second-order valence-corrected chi connectivity index (χ2v) is 8.54. The van der Waals surface area contributed by atoms with Crippen molar-refractivity contribution in [1.29, 1.82) is 0 Å². The van der Waals surface area contributed by atoms with Gasteiger partial charge in [0.25, 0.3) is 0 Å². The standard InChI is InChI=1S/C20H21FN4O2S/c21-15-6-5-7-16(14-15)28(26,27)23-12-13-25-19-10-2-1-8-17(19)20(24-25)18-9-3-4-11-22-18/h3-7,9,11,14,23H,1-2,8,10,12-13H2. The molecular formula is C20H21FN4O2S. The van der Waals surface area contributed by atoms with E-state index in [0.717, 1.165) is 48.8 Å². The van der Waals surface area contributed by atoms with Crippen LogP contribution in [0.4, 0.5) is 4.39 Å². The van der Waals surface area contributed by atoms with E-state index < -0.39 is 15.8 Å². The molecule has 8 heteroatoms. The molecule has 1 N–H and O–H groups in total. The summed E-state index contributed by atoms with van der Waals surface area (Å²) in [5.74, 6) is -0.580. The van der Waals surface area contributed by atoms with Gasteiger partial charge in [0, 0.05) is 24.0 Å². The van der Waals surface area contributed by atoms with Crippen LogP contribution >= 0.6 is 0 Å². The number of rotatable bonds is 6. The number of nitrogens with zero attached hydrogens (tertiary/aromatic N) is 3. The Morgan fingerprint density at radius 1 is 1.11 bits per heavy atom. The maximum absolute atomic E-state index is 13.3. The van der Waals surface area contributed by atoms with Gasteiger partial charge >= 0.3 is 0 Å². The fourth-order valence-corrected chi connectivity index (χ4v) is 4.62. The van der Waals surface area contributed by atoms with Crippen LogP contribution in [0.3, 0.4) is 0 Å². The fraction of sp³-hybridized carbons (Fsp3) is 0.300. The molecule has 0 spiro atoms. The van der Waals surface area contributed by atoms with Crippen molar-refractivity contribution in [3.05, 3.63) is 65.7 Å². The molecule has 0 aliphatic heterocycles. The van der Waals surface area contributed by atoms with Crippen LogP contribution in [0.2, 0.25) is 0 Å². The second kappa shape index (κ2) is 7.81. The molecule has 0 amide bonds. The van der Waals surface area contributed by atoms with E-state index in [1.807, 2.05) is 22.9 Å². The van der Waals surface area contributed by atoms with Crippen LogP contribution in [-0.4, -0.2) is 29.7 Å². The summed E-state index contributed by atoms with van der Waals surface area (Å²) in [6.45, 7) is 0.582. The molecule has 0 atom stereocenters. The molecule has 4 rings (SSSR count). The molecule has 1 aromatic carbocycles. The summed E-state index contributed by atoms with van der Waals surface area (Å²) in [5.41, 5.74) is 4.07. The van der Waals surface area contributed by atoms with E-state index in [0.29, 0.717) is 6.54 Å². The van der Waals surface area contributed by atoms with E-state index in [2.05, 4.69) is 9.71 Å². The molecule has 146 valence electrons. The van der Waals surface area contributed by atoms with E-state index in [1.54, 1.807) is 6.20 Å². The molecule has 0 unspecified atom stereocenters. The Bertz CT molecular complexity index is 1080. The Kier molecular flexibility index (Phi) is 5.23. The van der Waals surface area contributed by atoms with Crippen LogP contribution in [-0.2, 0) is 29.4 Å². The van der Waals surface area contributed by atoms with E-state index in [-0.39, 0.29) is 11.4 Å². The quantitative estimate of drug-likeness (QED) is 0.690. The van der Waals surface area contributed by atoms with Crippen molar-refractivity contribution < 1.29 is 12.8 Å². The Labute approximate surface area is 163 Å². The molecule has 1 aliphatic carbocycles. The number of sulfonamides is 1. The Balaban J connectivity index is 1.53. The minimum absolute atomic E-state index is 0.0795. The summed E-state index contributed by atoms with van der Waals surface area (Å²) in [6, 6.07) is 10.7. The zero-order valence-electron chi connectivity index (χ0n) is 15.3. The molecular weight excluding hydrogens is 379 g/mol. The maximum atomic E-state index is 13.3. The normalized spacial score (nSPS) is 14.0. The van der Waals surface area contributed by atoms with Crippen molar-refractivity contribution in [2.45, 2.75) is 37.1 Å². The van der Waals surface area contributed by atoms with Crippen LogP contribution < -0.4 is 4.72 Å². The molecule has 0 saturated carbocycles. The third kappa shape index (κ3) is 3.83. The predicted octanol–water partition coefficient (Wildman–Crippen LogP) is 2.94. The first kappa shape index (κ1) is 18.8. The monoisotopic (exact) mass is 400 g/mol. The van der Waals surface area contributed by atoms with Gasteiger partial charge in [0.05, 0.1) is 17.1 Å². The molecule has 6 nitrogen and oxygen atoms in total. The second-order valence-electron chi connectivity index (χ2n) is 6.77. The number of hydrogen-bond donors (Lipinski definition) is 1. The molecule has 28 heavy (non-hydrogen) atoms. The fourth-order valence-electron chi connectivity index (χ4n) is 3.57. The number of benzene rings is 1. The van der Waals surface area contributed by atoms with Gasteiger partial charge in [-0.2, -0.15) is 5.10 Å². The first-order chi connectivity index (χ1) is 13.5. The van der Waals surface area contributed by atoms with E-state index in [9.17, 15) is 12.8 Å². The molecule has 1 aliphatic rings. The highest BCUT2D eigenvalue weighted by Crippen LogP contribution is 2.30. The highest BCUT2D eigenvalue weighted by molar-refractivity contribution is 7.89. The molecule has 2 heterocycles. The zero-order chi connectivity index (χ0) is 19.6. The Morgan fingerprint density at radius 2 is 1.96 bits per heavy atom. The van der Waals surface area contributed by atoms with Crippen molar-refractivity contribution >= 4 is 10.0 Å². The summed E-state index contributed by atoms with van der Waals surface area (Å²) >= 11 is 0. The summed E-state index contributed by atoms with van der Waals surface area (Å²) in [7, 11) is -3.76. The van der Waals surface area contributed by atoms with Crippen molar-refractivity contribution in [1.82, 2.24) is 19.5 Å². The average Bonchev–Trinajstić information content (AvgIpc) is 3.07. The first-order valence-electron chi connectivity index (χ1n) is 9.30. The van der Waals surface area contributed by atoms with Crippen molar-refractivity contribution in [2.75, 3.05) is 6.54 Å². The van der Waals surface area contributed by atoms with Gasteiger partial charge in [0.2, 0.25) is 10.0 Å². The van der Waals surface area contributed by atoms with Gasteiger partial charge < -0.3 is 0 Å². The minimum Gasteiger partial charge on any atom is -0.267 e. The zero-order valence-corrected chi connectivity index (χ0v) is 16.1. The lowest BCUT2D eigenvalue weighted by molar-refractivity contribution is 0.538. The molecule has 2 aromatic heterocycles. The highest BCUT2D eigenvalue weighted by Gasteiger charge is 2.22. The largest absolute Gasteiger partial charge is 0.267 e. The van der Waals surface area contributed by atoms with Gasteiger partial charge in [-0.25, -0.2) is 17.5 Å². The van der Waals surface area contributed by atoms with Crippen LogP contribution in [0.1, 0.15) is 24.1 Å². The topological polar surface area (TPSA) is 76.9 Å². The van der Waals surface area contributed by atoms with Crippen LogP contribution in [0.15, 0.2) is 53.6 Å². The smallest absolute Gasteiger partial charge is 0.240 e. The number of halogens is 1. The SMILES string of the molecule is O=S(=O)(NCCn1nc(-c2ccccn2)c2c1CCCC2)c1cccc(F)c1. The van der Waals surface area contributed by atoms with Gasteiger partial charge in [0.1, 0.15) is 11.5 Å². The van der Waals surface area contributed by atoms with Gasteiger partial charge in [-0.05, 0) is 56.0 Å². The maximum Gasteiger partial charge on any atom is 0.240 e. The number of nitrogens with one attached hydrogen (secondary N) is 1. The lowest BCUT2D eigenvalue weighted by Crippen LogP contribution is -2.28. The van der Waals surface area contributed by atoms with Crippen LogP contribution in [0, 0.1) is 5.82 Å². The number of pyridine rings is 1. The van der Waals surface area contributed by atoms with Crippen molar-refractivity contribution in [2.24, 2.45) is 0 Å². The van der Waals surface area contributed by atoms with Gasteiger partial charge in [-0.3, -0.25) is 9.67 Å². The van der Waals surface area contributed by atoms with Crippen molar-refractivity contribution in [3.63, 3.8) is 0 Å². The van der Waals surface area contributed by atoms with Crippen molar-refractivity contribution in [3.8, 4) is 11.4 Å². The molecule has 0 fully saturated rings. The average molecular weight is 400 g/mol. The first-order valence-corrected chi connectivity index (χ1v) is 10.8. The van der Waals surface area contributed by atoms with E-state index >= 15 is 0 Å². The van der Waals surface area contributed by atoms with E-state index in [1.165, 1.54) is 23.8 Å². The lowest BCUT2D eigenvalue weighted by atomic mass is 9.95. The van der Waals surface area contributed by atoms with Crippen LogP contribution in [0.5, 0.6) is 0 Å². The van der Waals surface area contributed by atoms with Gasteiger partial charge in [-0.1, -0.05) is 12.1 Å². The summed E-state index contributed by atoms with van der Waals surface area (Å²) < 4.78 is 42.5. The highest BCUT2D eigenvalue weighted by atomic mass is 32.2. The summed E-state index contributed by atoms with van der Waals surface area (Å²) in [5, 5.41) is 4.73. The molecule has 0 saturated heterocycles. The molecule has 0 bridgehead atoms. The summed E-state index contributed by atoms with van der Waals surface area (Å²) in [4.78, 5) is 4.34. The summed E-state index contributed by atoms with van der Waals surface area (Å²) in [6.07, 6.45) is 5.83. The minimum atomic E-state index is -3.76. The predicted molar refractivity (Wildman–Crippen MR) is 104 cm³/mol. The number of hydrogen-bond acceptors (Lipinski definition) is 4. The third-order valence-corrected chi connectivity index (χ3v) is 6.35. The van der Waals surface area contributed by atoms with Crippen LogP contribution in [0.25, 0.3) is 11.4 Å². The van der Waals surface area contributed by atoms with E-state index in [4.69, 9.17) is 5.10 Å².